The molecule has 0 aliphatic heterocycles. The van der Waals surface area contributed by atoms with E-state index in [9.17, 15) is 0 Å². The van der Waals surface area contributed by atoms with E-state index in [1.807, 2.05) is 25.1 Å². The molecule has 0 amide bonds. The summed E-state index contributed by atoms with van der Waals surface area (Å²) in [6.07, 6.45) is 0.857. The lowest BCUT2D eigenvalue weighted by Crippen LogP contribution is -2.10. The monoisotopic (exact) mass is 285 g/mol. The van der Waals surface area contributed by atoms with Crippen LogP contribution in [0.1, 0.15) is 29.7 Å². The molecule has 0 aliphatic rings. The molecule has 3 nitrogen and oxygen atoms in total. The third kappa shape index (κ3) is 4.23. The Kier molecular flexibility index (Phi) is 5.23. The average molecular weight is 285 g/mol. The van der Waals surface area contributed by atoms with Crippen LogP contribution in [0.3, 0.4) is 0 Å². The van der Waals surface area contributed by atoms with Crippen LogP contribution in [0.15, 0.2) is 42.5 Å². The summed E-state index contributed by atoms with van der Waals surface area (Å²) in [5.41, 5.74) is 9.49. The third-order valence-electron chi connectivity index (χ3n) is 3.46. The van der Waals surface area contributed by atoms with Gasteiger partial charge in [-0.3, -0.25) is 0 Å². The van der Waals surface area contributed by atoms with Crippen LogP contribution in [0.5, 0.6) is 11.5 Å². The minimum absolute atomic E-state index is 0.0270. The van der Waals surface area contributed by atoms with Crippen molar-refractivity contribution in [1.29, 1.82) is 0 Å². The van der Waals surface area contributed by atoms with Gasteiger partial charge >= 0.3 is 0 Å². The van der Waals surface area contributed by atoms with Gasteiger partial charge < -0.3 is 15.2 Å². The number of benzene rings is 2. The van der Waals surface area contributed by atoms with E-state index in [0.29, 0.717) is 6.61 Å². The maximum absolute atomic E-state index is 6.00. The summed E-state index contributed by atoms with van der Waals surface area (Å²) in [6, 6.07) is 14.2. The van der Waals surface area contributed by atoms with E-state index in [4.69, 9.17) is 15.2 Å². The lowest BCUT2D eigenvalue weighted by atomic mass is 10.1. The molecule has 0 saturated heterocycles. The fraction of sp³-hybridized carbons (Fsp3) is 0.333. The van der Waals surface area contributed by atoms with Crippen LogP contribution >= 0.6 is 0 Å². The minimum atomic E-state index is -0.0270. The Balaban J connectivity index is 1.96. The van der Waals surface area contributed by atoms with Gasteiger partial charge in [0.05, 0.1) is 13.7 Å². The Bertz CT molecular complexity index is 576. The number of hydrogen-bond acceptors (Lipinski definition) is 3. The van der Waals surface area contributed by atoms with Crippen LogP contribution in [0.2, 0.25) is 0 Å². The second-order valence-corrected chi connectivity index (χ2v) is 5.28. The van der Waals surface area contributed by atoms with Crippen LogP contribution < -0.4 is 15.2 Å². The van der Waals surface area contributed by atoms with Crippen molar-refractivity contribution in [3.8, 4) is 11.5 Å². The zero-order valence-corrected chi connectivity index (χ0v) is 12.9. The van der Waals surface area contributed by atoms with Crippen molar-refractivity contribution < 1.29 is 9.47 Å². The molecule has 2 rings (SSSR count). The molecule has 0 bridgehead atoms. The predicted molar refractivity (Wildman–Crippen MR) is 86.0 cm³/mol. The van der Waals surface area contributed by atoms with Crippen molar-refractivity contribution in [1.82, 2.24) is 0 Å². The van der Waals surface area contributed by atoms with Crippen LogP contribution in [0, 0.1) is 6.92 Å². The topological polar surface area (TPSA) is 44.5 Å². The molecule has 1 atom stereocenters. The van der Waals surface area contributed by atoms with Gasteiger partial charge in [-0.05, 0) is 37.6 Å². The van der Waals surface area contributed by atoms with E-state index in [2.05, 4.69) is 31.2 Å². The SMILES string of the molecule is COc1ccc(CCOc2ccc(C)cc2[C@H](C)N)cc1. The molecular formula is C18H23NO2. The highest BCUT2D eigenvalue weighted by Gasteiger charge is 2.08. The van der Waals surface area contributed by atoms with Gasteiger partial charge in [0.25, 0.3) is 0 Å². The minimum Gasteiger partial charge on any atom is -0.497 e. The Morgan fingerprint density at radius 2 is 1.81 bits per heavy atom. The normalized spacial score (nSPS) is 12.0. The number of aryl methyl sites for hydroxylation is 1. The highest BCUT2D eigenvalue weighted by molar-refractivity contribution is 5.38. The smallest absolute Gasteiger partial charge is 0.124 e. The maximum atomic E-state index is 6.00. The Morgan fingerprint density at radius 3 is 2.43 bits per heavy atom. The molecule has 0 aliphatic carbocycles. The lowest BCUT2D eigenvalue weighted by Gasteiger charge is -2.15. The molecular weight excluding hydrogens is 262 g/mol. The summed E-state index contributed by atoms with van der Waals surface area (Å²) in [5, 5.41) is 0. The highest BCUT2D eigenvalue weighted by atomic mass is 16.5. The second-order valence-electron chi connectivity index (χ2n) is 5.28. The molecule has 0 heterocycles. The summed E-state index contributed by atoms with van der Waals surface area (Å²) >= 11 is 0. The molecule has 2 N–H and O–H groups in total. The van der Waals surface area contributed by atoms with Gasteiger partial charge in [0.1, 0.15) is 11.5 Å². The Morgan fingerprint density at radius 1 is 1.10 bits per heavy atom. The Labute approximate surface area is 126 Å². The number of rotatable bonds is 6. The van der Waals surface area contributed by atoms with Crippen molar-refractivity contribution in [2.75, 3.05) is 13.7 Å². The van der Waals surface area contributed by atoms with Gasteiger partial charge in [-0.15, -0.1) is 0 Å². The first kappa shape index (κ1) is 15.4. The summed E-state index contributed by atoms with van der Waals surface area (Å²) in [5.74, 6) is 1.75. The first-order valence-corrected chi connectivity index (χ1v) is 7.22. The molecule has 2 aromatic rings. The van der Waals surface area contributed by atoms with Crippen LogP contribution in [0.4, 0.5) is 0 Å². The fourth-order valence-electron chi connectivity index (χ4n) is 2.23. The summed E-state index contributed by atoms with van der Waals surface area (Å²) < 4.78 is 11.1. The summed E-state index contributed by atoms with van der Waals surface area (Å²) in [7, 11) is 1.67. The van der Waals surface area contributed by atoms with Crippen molar-refractivity contribution in [2.45, 2.75) is 26.3 Å². The first-order valence-electron chi connectivity index (χ1n) is 7.22. The second kappa shape index (κ2) is 7.14. The van der Waals surface area contributed by atoms with Crippen molar-refractivity contribution in [3.05, 3.63) is 59.2 Å². The Hall–Kier alpha value is -2.00. The number of hydrogen-bond donors (Lipinski definition) is 1. The van der Waals surface area contributed by atoms with Crippen molar-refractivity contribution >= 4 is 0 Å². The molecule has 0 aromatic heterocycles. The quantitative estimate of drug-likeness (QED) is 0.881. The molecule has 0 fully saturated rings. The van der Waals surface area contributed by atoms with E-state index >= 15 is 0 Å². The zero-order chi connectivity index (χ0) is 15.2. The molecule has 0 saturated carbocycles. The summed E-state index contributed by atoms with van der Waals surface area (Å²) in [4.78, 5) is 0. The van der Waals surface area contributed by atoms with Crippen LogP contribution in [-0.2, 0) is 6.42 Å². The van der Waals surface area contributed by atoms with Crippen molar-refractivity contribution in [3.63, 3.8) is 0 Å². The van der Waals surface area contributed by atoms with E-state index in [1.54, 1.807) is 7.11 Å². The molecule has 2 aromatic carbocycles. The molecule has 0 radical (unpaired) electrons. The van der Waals surface area contributed by atoms with Gasteiger partial charge in [-0.25, -0.2) is 0 Å². The lowest BCUT2D eigenvalue weighted by molar-refractivity contribution is 0.317. The van der Waals surface area contributed by atoms with E-state index in [-0.39, 0.29) is 6.04 Å². The van der Waals surface area contributed by atoms with Crippen LogP contribution in [0.25, 0.3) is 0 Å². The predicted octanol–water partition coefficient (Wildman–Crippen LogP) is 3.64. The average Bonchev–Trinajstić information content (AvgIpc) is 2.49. The zero-order valence-electron chi connectivity index (χ0n) is 12.9. The number of methoxy groups -OCH3 is 1. The van der Waals surface area contributed by atoms with E-state index in [1.165, 1.54) is 11.1 Å². The maximum Gasteiger partial charge on any atom is 0.124 e. The van der Waals surface area contributed by atoms with Gasteiger partial charge in [-0.2, -0.15) is 0 Å². The van der Waals surface area contributed by atoms with Crippen molar-refractivity contribution in [2.24, 2.45) is 5.73 Å². The van der Waals surface area contributed by atoms with E-state index < -0.39 is 0 Å². The van der Waals surface area contributed by atoms with Gasteiger partial charge in [0.2, 0.25) is 0 Å². The standard InChI is InChI=1S/C18H23NO2/c1-13-4-9-18(17(12-13)14(2)19)21-11-10-15-5-7-16(20-3)8-6-15/h4-9,12,14H,10-11,19H2,1-3H3/t14-/m0/s1. The molecule has 21 heavy (non-hydrogen) atoms. The highest BCUT2D eigenvalue weighted by Crippen LogP contribution is 2.25. The third-order valence-corrected chi connectivity index (χ3v) is 3.46. The van der Waals surface area contributed by atoms with Gasteiger partial charge in [0, 0.05) is 18.0 Å². The summed E-state index contributed by atoms with van der Waals surface area (Å²) in [6.45, 7) is 4.67. The molecule has 0 unspecified atom stereocenters. The largest absolute Gasteiger partial charge is 0.497 e. The molecule has 3 heteroatoms. The molecule has 0 spiro atoms. The fourth-order valence-corrected chi connectivity index (χ4v) is 2.23. The van der Waals surface area contributed by atoms with E-state index in [0.717, 1.165) is 23.5 Å². The van der Waals surface area contributed by atoms with Gasteiger partial charge in [-0.1, -0.05) is 29.8 Å². The number of nitrogens with two attached hydrogens (primary N) is 1. The molecule has 112 valence electrons. The van der Waals surface area contributed by atoms with Crippen LogP contribution in [-0.4, -0.2) is 13.7 Å². The number of ether oxygens (including phenoxy) is 2. The first-order chi connectivity index (χ1) is 10.1. The van der Waals surface area contributed by atoms with Gasteiger partial charge in [0.15, 0.2) is 0 Å².